The fourth-order valence-electron chi connectivity index (χ4n) is 3.55. The third-order valence-electron chi connectivity index (χ3n) is 4.46. The molecule has 1 saturated carbocycles. The Hall–Kier alpha value is -1.05. The SMILES string of the molecule is C=CC1(C(C(=O)O)C2=CCCC2)CCCCC1. The molecule has 0 bridgehead atoms. The maximum Gasteiger partial charge on any atom is 0.311 e. The van der Waals surface area contributed by atoms with Gasteiger partial charge in [0.25, 0.3) is 0 Å². The van der Waals surface area contributed by atoms with Crippen LogP contribution in [0.3, 0.4) is 0 Å². The van der Waals surface area contributed by atoms with Gasteiger partial charge in [-0.25, -0.2) is 0 Å². The minimum atomic E-state index is -0.653. The quantitative estimate of drug-likeness (QED) is 0.748. The van der Waals surface area contributed by atoms with Crippen LogP contribution in [-0.2, 0) is 4.79 Å². The van der Waals surface area contributed by atoms with Gasteiger partial charge >= 0.3 is 5.97 Å². The van der Waals surface area contributed by atoms with Gasteiger partial charge in [0.2, 0.25) is 0 Å². The third-order valence-corrected chi connectivity index (χ3v) is 4.46. The van der Waals surface area contributed by atoms with Gasteiger partial charge in [-0.1, -0.05) is 37.0 Å². The molecule has 0 saturated heterocycles. The van der Waals surface area contributed by atoms with Crippen molar-refractivity contribution in [3.05, 3.63) is 24.3 Å². The number of aliphatic carboxylic acids is 1. The normalized spacial score (nSPS) is 25.1. The highest BCUT2D eigenvalue weighted by Gasteiger charge is 2.43. The fraction of sp³-hybridized carbons (Fsp3) is 0.667. The molecule has 94 valence electrons. The number of hydrogen-bond acceptors (Lipinski definition) is 1. The zero-order valence-corrected chi connectivity index (χ0v) is 10.5. The molecule has 0 aliphatic heterocycles. The molecule has 0 radical (unpaired) electrons. The van der Waals surface area contributed by atoms with Gasteiger partial charge in [-0.2, -0.15) is 0 Å². The van der Waals surface area contributed by atoms with Crippen molar-refractivity contribution in [2.45, 2.75) is 51.4 Å². The third kappa shape index (κ3) is 2.31. The predicted molar refractivity (Wildman–Crippen MR) is 68.8 cm³/mol. The Morgan fingerprint density at radius 2 is 2.06 bits per heavy atom. The van der Waals surface area contributed by atoms with Crippen LogP contribution in [0, 0.1) is 11.3 Å². The van der Waals surface area contributed by atoms with Gasteiger partial charge in [0.15, 0.2) is 0 Å². The Morgan fingerprint density at radius 3 is 2.53 bits per heavy atom. The number of carboxylic acids is 1. The Morgan fingerprint density at radius 1 is 1.35 bits per heavy atom. The summed E-state index contributed by atoms with van der Waals surface area (Å²) >= 11 is 0. The lowest BCUT2D eigenvalue weighted by Gasteiger charge is -2.40. The van der Waals surface area contributed by atoms with Gasteiger partial charge in [0.05, 0.1) is 5.92 Å². The Kier molecular flexibility index (Phi) is 3.70. The van der Waals surface area contributed by atoms with Crippen LogP contribution in [0.1, 0.15) is 51.4 Å². The first kappa shape index (κ1) is 12.4. The molecule has 0 aromatic carbocycles. The van der Waals surface area contributed by atoms with Crippen LogP contribution in [0.25, 0.3) is 0 Å². The molecule has 17 heavy (non-hydrogen) atoms. The summed E-state index contributed by atoms with van der Waals surface area (Å²) in [7, 11) is 0. The van der Waals surface area contributed by atoms with E-state index in [4.69, 9.17) is 0 Å². The summed E-state index contributed by atoms with van der Waals surface area (Å²) < 4.78 is 0. The average Bonchev–Trinajstić information content (AvgIpc) is 2.83. The largest absolute Gasteiger partial charge is 0.481 e. The van der Waals surface area contributed by atoms with Crippen molar-refractivity contribution in [3.8, 4) is 0 Å². The lowest BCUT2D eigenvalue weighted by molar-refractivity contribution is -0.144. The molecule has 2 aliphatic carbocycles. The van der Waals surface area contributed by atoms with E-state index in [2.05, 4.69) is 12.7 Å². The van der Waals surface area contributed by atoms with Crippen molar-refractivity contribution in [3.63, 3.8) is 0 Å². The van der Waals surface area contributed by atoms with Crippen LogP contribution in [0.4, 0.5) is 0 Å². The Labute approximate surface area is 103 Å². The molecule has 0 spiro atoms. The maximum absolute atomic E-state index is 11.7. The standard InChI is InChI=1S/C15H22O2/c1-2-15(10-6-3-7-11-15)13(14(16)17)12-8-4-5-9-12/h2,8,13H,1,3-7,9-11H2,(H,16,17). The molecule has 0 heterocycles. The van der Waals surface area contributed by atoms with E-state index in [9.17, 15) is 9.90 Å². The van der Waals surface area contributed by atoms with Crippen molar-refractivity contribution in [1.29, 1.82) is 0 Å². The van der Waals surface area contributed by atoms with Gasteiger partial charge < -0.3 is 5.11 Å². The van der Waals surface area contributed by atoms with Crippen LogP contribution in [-0.4, -0.2) is 11.1 Å². The molecule has 0 aromatic heterocycles. The summed E-state index contributed by atoms with van der Waals surface area (Å²) in [5, 5.41) is 9.59. The minimum Gasteiger partial charge on any atom is -0.481 e. The first-order valence-electron chi connectivity index (χ1n) is 6.75. The highest BCUT2D eigenvalue weighted by atomic mass is 16.4. The first-order valence-corrected chi connectivity index (χ1v) is 6.75. The Balaban J connectivity index is 2.29. The summed E-state index contributed by atoms with van der Waals surface area (Å²) in [5.74, 6) is -0.970. The van der Waals surface area contributed by atoms with E-state index >= 15 is 0 Å². The van der Waals surface area contributed by atoms with Crippen molar-refractivity contribution < 1.29 is 9.90 Å². The lowest BCUT2D eigenvalue weighted by Crippen LogP contribution is -2.37. The zero-order chi connectivity index (χ0) is 12.3. The summed E-state index contributed by atoms with van der Waals surface area (Å²) in [6.07, 6.45) is 12.7. The highest BCUT2D eigenvalue weighted by Crippen LogP contribution is 2.48. The Bertz CT molecular complexity index is 335. The molecule has 2 nitrogen and oxygen atoms in total. The molecular formula is C15H22O2. The molecule has 2 aliphatic rings. The number of hydrogen-bond donors (Lipinski definition) is 1. The molecular weight excluding hydrogens is 212 g/mol. The predicted octanol–water partition coefficient (Wildman–Crippen LogP) is 3.93. The molecule has 1 unspecified atom stereocenters. The molecule has 1 atom stereocenters. The summed E-state index contributed by atoms with van der Waals surface area (Å²) in [4.78, 5) is 11.7. The van der Waals surface area contributed by atoms with E-state index in [0.717, 1.165) is 50.5 Å². The summed E-state index contributed by atoms with van der Waals surface area (Å²) in [5.41, 5.74) is 0.972. The monoisotopic (exact) mass is 234 g/mol. The van der Waals surface area contributed by atoms with Gasteiger partial charge in [-0.3, -0.25) is 4.79 Å². The van der Waals surface area contributed by atoms with E-state index in [0.29, 0.717) is 0 Å². The van der Waals surface area contributed by atoms with Crippen molar-refractivity contribution >= 4 is 5.97 Å². The first-order chi connectivity index (χ1) is 8.19. The van der Waals surface area contributed by atoms with E-state index < -0.39 is 5.97 Å². The number of carboxylic acid groups (broad SMARTS) is 1. The van der Waals surface area contributed by atoms with E-state index in [1.807, 2.05) is 6.08 Å². The summed E-state index contributed by atoms with van der Waals surface area (Å²) in [6, 6.07) is 0. The van der Waals surface area contributed by atoms with Gasteiger partial charge in [-0.15, -0.1) is 6.58 Å². The maximum atomic E-state index is 11.7. The second-order valence-electron chi connectivity index (χ2n) is 5.44. The van der Waals surface area contributed by atoms with Gasteiger partial charge in [0, 0.05) is 5.41 Å². The molecule has 2 heteroatoms. The number of rotatable bonds is 4. The molecule has 0 aromatic rings. The van der Waals surface area contributed by atoms with Crippen LogP contribution < -0.4 is 0 Å². The van der Waals surface area contributed by atoms with Gasteiger partial charge in [0.1, 0.15) is 0 Å². The lowest BCUT2D eigenvalue weighted by atomic mass is 9.63. The molecule has 1 fully saturated rings. The smallest absolute Gasteiger partial charge is 0.311 e. The topological polar surface area (TPSA) is 37.3 Å². The second kappa shape index (κ2) is 5.07. The zero-order valence-electron chi connectivity index (χ0n) is 10.5. The van der Waals surface area contributed by atoms with Crippen LogP contribution in [0.5, 0.6) is 0 Å². The van der Waals surface area contributed by atoms with Crippen LogP contribution in [0.15, 0.2) is 24.3 Å². The second-order valence-corrected chi connectivity index (χ2v) is 5.44. The average molecular weight is 234 g/mol. The number of allylic oxidation sites excluding steroid dienone is 2. The fourth-order valence-corrected chi connectivity index (χ4v) is 3.55. The number of carbonyl (C=O) groups is 1. The molecule has 1 N–H and O–H groups in total. The van der Waals surface area contributed by atoms with E-state index in [1.54, 1.807) is 0 Å². The van der Waals surface area contributed by atoms with Gasteiger partial charge in [-0.05, 0) is 32.1 Å². The van der Waals surface area contributed by atoms with Crippen molar-refractivity contribution in [2.75, 3.05) is 0 Å². The highest BCUT2D eigenvalue weighted by molar-refractivity contribution is 5.75. The molecule has 0 amide bonds. The van der Waals surface area contributed by atoms with Crippen LogP contribution >= 0.6 is 0 Å². The van der Waals surface area contributed by atoms with Crippen molar-refractivity contribution in [2.24, 2.45) is 11.3 Å². The summed E-state index contributed by atoms with van der Waals surface area (Å²) in [6.45, 7) is 3.94. The van der Waals surface area contributed by atoms with E-state index in [1.165, 1.54) is 6.42 Å². The van der Waals surface area contributed by atoms with Crippen molar-refractivity contribution in [1.82, 2.24) is 0 Å². The molecule has 2 rings (SSSR count). The van der Waals surface area contributed by atoms with Crippen LogP contribution in [0.2, 0.25) is 0 Å². The minimum absolute atomic E-state index is 0.180. The van der Waals surface area contributed by atoms with E-state index in [-0.39, 0.29) is 11.3 Å².